The molecule has 9 aromatic carbocycles. The number of allylic oxidation sites excluding steroid dienone is 5. The van der Waals surface area contributed by atoms with Crippen LogP contribution in [0.15, 0.2) is 236 Å². The summed E-state index contributed by atoms with van der Waals surface area (Å²) in [4.78, 5) is 0. The van der Waals surface area contributed by atoms with Gasteiger partial charge in [0.2, 0.25) is 0 Å². The summed E-state index contributed by atoms with van der Waals surface area (Å²) >= 11 is 0. The Balaban J connectivity index is 1.25. The average Bonchev–Trinajstić information content (AvgIpc) is 3.82. The van der Waals surface area contributed by atoms with Gasteiger partial charge >= 0.3 is 0 Å². The van der Waals surface area contributed by atoms with Crippen LogP contribution in [0.5, 0.6) is 0 Å². The van der Waals surface area contributed by atoms with E-state index < -0.39 is 0 Å². The van der Waals surface area contributed by atoms with Gasteiger partial charge in [-0.25, -0.2) is 0 Å². The Kier molecular flexibility index (Phi) is 8.26. The van der Waals surface area contributed by atoms with E-state index in [1.54, 1.807) is 0 Å². The van der Waals surface area contributed by atoms with Crippen LogP contribution >= 0.6 is 0 Å². The highest BCUT2D eigenvalue weighted by molar-refractivity contribution is 6.39. The number of hydrogen-bond acceptors (Lipinski definition) is 0. The molecule has 270 valence electrons. The lowest BCUT2D eigenvalue weighted by molar-refractivity contribution is 1.51. The Hall–Kier alpha value is -7.54. The summed E-state index contributed by atoms with van der Waals surface area (Å²) in [5, 5.41) is 2.51. The fourth-order valence-electron chi connectivity index (χ4n) is 9.18. The topological polar surface area (TPSA) is 0 Å². The molecular weight excluding hydrogens is 697 g/mol. The van der Waals surface area contributed by atoms with Gasteiger partial charge in [0.15, 0.2) is 0 Å². The molecule has 9 aromatic rings. The van der Waals surface area contributed by atoms with E-state index >= 15 is 0 Å². The zero-order valence-corrected chi connectivity index (χ0v) is 31.9. The van der Waals surface area contributed by atoms with E-state index in [0.717, 1.165) is 0 Å². The lowest BCUT2D eigenvalue weighted by atomic mass is 9.84. The van der Waals surface area contributed by atoms with E-state index in [1.807, 2.05) is 0 Å². The normalized spacial score (nSPS) is 13.3. The number of benzene rings is 9. The van der Waals surface area contributed by atoms with Gasteiger partial charge in [-0.2, -0.15) is 0 Å². The monoisotopic (exact) mass is 734 g/mol. The van der Waals surface area contributed by atoms with Gasteiger partial charge in [0.25, 0.3) is 0 Å². The summed E-state index contributed by atoms with van der Waals surface area (Å²) in [6.07, 6.45) is 0. The smallest absolute Gasteiger partial charge is 0.000137 e. The number of fused-ring (bicyclic) bond motifs is 4. The molecule has 0 heterocycles. The molecule has 0 atom stereocenters. The van der Waals surface area contributed by atoms with Crippen LogP contribution in [0.2, 0.25) is 0 Å². The van der Waals surface area contributed by atoms with Crippen LogP contribution in [-0.2, 0) is 0 Å². The molecular formula is C58H38. The Morgan fingerprint density at radius 1 is 0.155 bits per heavy atom. The van der Waals surface area contributed by atoms with Crippen LogP contribution in [0.3, 0.4) is 0 Å². The van der Waals surface area contributed by atoms with E-state index in [2.05, 4.69) is 231 Å². The van der Waals surface area contributed by atoms with Gasteiger partial charge in [-0.3, -0.25) is 0 Å². The van der Waals surface area contributed by atoms with Gasteiger partial charge in [-0.05, 0) is 129 Å². The Morgan fingerprint density at radius 3 is 1.02 bits per heavy atom. The second-order valence-electron chi connectivity index (χ2n) is 15.2. The third-order valence-electron chi connectivity index (χ3n) is 11.8. The molecule has 0 spiro atoms. The molecule has 0 bridgehead atoms. The van der Waals surface area contributed by atoms with Crippen molar-refractivity contribution in [2.45, 2.75) is 0 Å². The van der Waals surface area contributed by atoms with Crippen molar-refractivity contribution >= 4 is 38.6 Å². The molecule has 58 heavy (non-hydrogen) atoms. The second-order valence-corrected chi connectivity index (χ2v) is 15.2. The third-order valence-corrected chi connectivity index (χ3v) is 11.8. The van der Waals surface area contributed by atoms with Crippen molar-refractivity contribution in [2.24, 2.45) is 0 Å². The van der Waals surface area contributed by atoms with E-state index in [1.165, 1.54) is 111 Å². The summed E-state index contributed by atoms with van der Waals surface area (Å²) in [7, 11) is 0. The summed E-state index contributed by atoms with van der Waals surface area (Å²) in [5.41, 5.74) is 22.3. The van der Waals surface area contributed by atoms with Crippen LogP contribution in [0.4, 0.5) is 0 Å². The molecule has 0 unspecified atom stereocenters. The van der Waals surface area contributed by atoms with Crippen molar-refractivity contribution in [2.75, 3.05) is 0 Å². The fraction of sp³-hybridized carbons (Fsp3) is 0. The minimum Gasteiger partial charge on any atom is -0.0622 e. The highest BCUT2D eigenvalue weighted by atomic mass is 14.4. The standard InChI is InChI=1S/C58H38/c1-6-19-41(20-7-1)49-37-51-52(38-50(49)42-21-8-2-9-22-42)57-55(46-33-30-40(31-34-46)48-35-32-39-18-16-17-29-47(39)36-48)54(44-25-12-4-13-26-44)56(45-27-14-5-15-28-45)58(57)53(51)43-23-10-3-11-24-43/h1-38H. The Labute approximate surface area is 340 Å². The summed E-state index contributed by atoms with van der Waals surface area (Å²) in [5.74, 6) is 0. The molecule has 0 saturated carbocycles. The van der Waals surface area contributed by atoms with Gasteiger partial charge < -0.3 is 0 Å². The second kappa shape index (κ2) is 14.2. The van der Waals surface area contributed by atoms with E-state index in [4.69, 9.17) is 0 Å². The molecule has 0 saturated heterocycles. The van der Waals surface area contributed by atoms with Crippen molar-refractivity contribution in [3.05, 3.63) is 269 Å². The molecule has 2 aliphatic carbocycles. The van der Waals surface area contributed by atoms with Crippen LogP contribution in [-0.4, -0.2) is 0 Å². The van der Waals surface area contributed by atoms with Gasteiger partial charge in [0.05, 0.1) is 0 Å². The van der Waals surface area contributed by atoms with E-state index in [9.17, 15) is 0 Å². The minimum absolute atomic E-state index is 1.20. The van der Waals surface area contributed by atoms with Gasteiger partial charge in [0.1, 0.15) is 0 Å². The quantitative estimate of drug-likeness (QED) is 0.153. The van der Waals surface area contributed by atoms with E-state index in [0.29, 0.717) is 0 Å². The number of hydrogen-bond donors (Lipinski definition) is 0. The Morgan fingerprint density at radius 2 is 0.500 bits per heavy atom. The van der Waals surface area contributed by atoms with Gasteiger partial charge in [-0.1, -0.05) is 212 Å². The molecule has 0 N–H and O–H groups in total. The molecule has 0 amide bonds. The van der Waals surface area contributed by atoms with Gasteiger partial charge in [-0.15, -0.1) is 0 Å². The van der Waals surface area contributed by atoms with Crippen molar-refractivity contribution < 1.29 is 0 Å². The maximum atomic E-state index is 2.48. The summed E-state index contributed by atoms with van der Waals surface area (Å²) < 4.78 is 0. The molecule has 11 rings (SSSR count). The molecule has 0 radical (unpaired) electrons. The molecule has 0 nitrogen and oxygen atoms in total. The van der Waals surface area contributed by atoms with Crippen LogP contribution in [0, 0.1) is 0 Å². The van der Waals surface area contributed by atoms with Gasteiger partial charge in [0, 0.05) is 0 Å². The first-order valence-electron chi connectivity index (χ1n) is 20.1. The highest BCUT2D eigenvalue weighted by Crippen LogP contribution is 2.62. The predicted octanol–water partition coefficient (Wildman–Crippen LogP) is 15.2. The fourth-order valence-corrected chi connectivity index (χ4v) is 9.18. The zero-order valence-electron chi connectivity index (χ0n) is 31.9. The molecule has 0 aromatic heterocycles. The maximum Gasteiger partial charge on any atom is -0.000137 e. The van der Waals surface area contributed by atoms with Crippen molar-refractivity contribution in [3.8, 4) is 33.4 Å². The maximum absolute atomic E-state index is 2.48. The summed E-state index contributed by atoms with van der Waals surface area (Å²) in [6.45, 7) is 0. The largest absolute Gasteiger partial charge is 0.0622 e. The minimum atomic E-state index is 1.20. The highest BCUT2D eigenvalue weighted by Gasteiger charge is 2.40. The Bertz CT molecular complexity index is 3080. The first-order valence-corrected chi connectivity index (χ1v) is 20.1. The molecule has 0 fully saturated rings. The predicted molar refractivity (Wildman–Crippen MR) is 246 cm³/mol. The van der Waals surface area contributed by atoms with Crippen molar-refractivity contribution in [1.82, 2.24) is 0 Å². The molecule has 2 aliphatic rings. The third kappa shape index (κ3) is 5.69. The molecule has 0 aliphatic heterocycles. The first-order chi connectivity index (χ1) is 28.8. The van der Waals surface area contributed by atoms with Crippen molar-refractivity contribution in [3.63, 3.8) is 0 Å². The SMILES string of the molecule is c1ccc(C2=C(c3ccccc3)C(c3ccc(-c4ccc5ccccc5c4)cc3)=C3C2=C(c2ccccc2)c2cc(-c4ccccc4)c(-c4ccccc4)cc23)cc1. The first kappa shape index (κ1) is 33.8. The van der Waals surface area contributed by atoms with E-state index in [-0.39, 0.29) is 0 Å². The van der Waals surface area contributed by atoms with Crippen molar-refractivity contribution in [1.29, 1.82) is 0 Å². The lowest BCUT2D eigenvalue weighted by Crippen LogP contribution is -1.97. The lowest BCUT2D eigenvalue weighted by Gasteiger charge is -2.19. The zero-order chi connectivity index (χ0) is 38.4. The average molecular weight is 735 g/mol. The van der Waals surface area contributed by atoms with Crippen LogP contribution in [0.1, 0.15) is 33.4 Å². The number of rotatable bonds is 7. The molecule has 0 heteroatoms. The summed E-state index contributed by atoms with van der Waals surface area (Å²) in [6, 6.07) is 84.5. The van der Waals surface area contributed by atoms with Crippen LogP contribution < -0.4 is 0 Å². The van der Waals surface area contributed by atoms with Crippen LogP contribution in [0.25, 0.3) is 72.0 Å².